The maximum atomic E-state index is 5.61. The molecule has 0 saturated heterocycles. The van der Waals surface area contributed by atoms with Crippen LogP contribution in [0.4, 0.5) is 0 Å². The predicted octanol–water partition coefficient (Wildman–Crippen LogP) is 3.97. The van der Waals surface area contributed by atoms with Gasteiger partial charge in [0.05, 0.1) is 11.2 Å². The molecule has 2 nitrogen and oxygen atoms in total. The maximum absolute atomic E-state index is 5.61. The van der Waals surface area contributed by atoms with Gasteiger partial charge in [0.1, 0.15) is 6.10 Å². The lowest BCUT2D eigenvalue weighted by molar-refractivity contribution is 0.133. The van der Waals surface area contributed by atoms with Gasteiger partial charge in [0, 0.05) is 12.5 Å². The van der Waals surface area contributed by atoms with Gasteiger partial charge in [-0.1, -0.05) is 54.6 Å². The lowest BCUT2D eigenvalue weighted by Crippen LogP contribution is -2.05. The van der Waals surface area contributed by atoms with E-state index in [-0.39, 0.29) is 6.10 Å². The summed E-state index contributed by atoms with van der Waals surface area (Å²) >= 11 is 0. The summed E-state index contributed by atoms with van der Waals surface area (Å²) in [5.41, 5.74) is 3.05. The lowest BCUT2D eigenvalue weighted by atomic mass is 10.0. The van der Waals surface area contributed by atoms with Gasteiger partial charge >= 0.3 is 0 Å². The average Bonchev–Trinajstić information content (AvgIpc) is 2.49. The van der Waals surface area contributed by atoms with Crippen molar-refractivity contribution in [2.24, 2.45) is 0 Å². The van der Waals surface area contributed by atoms with Crippen LogP contribution in [0.25, 0.3) is 10.9 Å². The first kappa shape index (κ1) is 11.9. The van der Waals surface area contributed by atoms with Gasteiger partial charge in [0.15, 0.2) is 0 Å². The fourth-order valence-electron chi connectivity index (χ4n) is 2.28. The Balaban J connectivity index is 2.06. The third-order valence-electron chi connectivity index (χ3n) is 3.23. The van der Waals surface area contributed by atoms with E-state index in [4.69, 9.17) is 9.72 Å². The molecule has 0 aliphatic heterocycles. The number of benzene rings is 2. The number of pyridine rings is 1. The quantitative estimate of drug-likeness (QED) is 0.700. The van der Waals surface area contributed by atoms with E-state index in [1.165, 1.54) is 0 Å². The molecule has 0 saturated carbocycles. The Morgan fingerprint density at radius 1 is 0.842 bits per heavy atom. The van der Waals surface area contributed by atoms with E-state index < -0.39 is 0 Å². The molecule has 1 aromatic heterocycles. The van der Waals surface area contributed by atoms with Gasteiger partial charge in [-0.2, -0.15) is 0 Å². The van der Waals surface area contributed by atoms with E-state index in [9.17, 15) is 0 Å². The molecule has 0 amide bonds. The first-order chi connectivity index (χ1) is 9.38. The summed E-state index contributed by atoms with van der Waals surface area (Å²) in [6.07, 6.45) is -0.120. The molecule has 0 radical (unpaired) electrons. The van der Waals surface area contributed by atoms with Crippen molar-refractivity contribution in [3.63, 3.8) is 0 Å². The zero-order valence-corrected chi connectivity index (χ0v) is 10.8. The molecule has 94 valence electrons. The topological polar surface area (TPSA) is 22.1 Å². The molecule has 3 rings (SSSR count). The number of aromatic nitrogens is 1. The van der Waals surface area contributed by atoms with Crippen LogP contribution in [0, 0.1) is 0 Å². The molecule has 0 fully saturated rings. The Bertz CT molecular complexity index is 679. The van der Waals surface area contributed by atoms with E-state index in [0.717, 1.165) is 22.2 Å². The summed E-state index contributed by atoms with van der Waals surface area (Å²) in [6.45, 7) is 0. The summed E-state index contributed by atoms with van der Waals surface area (Å²) in [5, 5.41) is 1.15. The highest BCUT2D eigenvalue weighted by Gasteiger charge is 2.14. The van der Waals surface area contributed by atoms with Crippen LogP contribution in [0.2, 0.25) is 0 Å². The SMILES string of the molecule is CO[C@H](c1ccccc1)c1ccc2ccccc2n1. The molecular formula is C17H15NO. The molecule has 0 N–H and O–H groups in total. The van der Waals surface area contributed by atoms with Crippen molar-refractivity contribution >= 4 is 10.9 Å². The van der Waals surface area contributed by atoms with Gasteiger partial charge in [-0.25, -0.2) is 4.98 Å². The van der Waals surface area contributed by atoms with E-state index in [2.05, 4.69) is 24.3 Å². The van der Waals surface area contributed by atoms with E-state index in [0.29, 0.717) is 0 Å². The summed E-state index contributed by atoms with van der Waals surface area (Å²) < 4.78 is 5.61. The van der Waals surface area contributed by atoms with Crippen LogP contribution in [0.1, 0.15) is 17.4 Å². The number of nitrogens with zero attached hydrogens (tertiary/aromatic N) is 1. The molecule has 0 aliphatic rings. The first-order valence-corrected chi connectivity index (χ1v) is 6.32. The number of rotatable bonds is 3. The minimum Gasteiger partial charge on any atom is -0.370 e. The smallest absolute Gasteiger partial charge is 0.124 e. The van der Waals surface area contributed by atoms with Gasteiger partial charge < -0.3 is 4.74 Å². The standard InChI is InChI=1S/C17H15NO/c1-19-17(14-8-3-2-4-9-14)16-12-11-13-7-5-6-10-15(13)18-16/h2-12,17H,1H3/t17-/m1/s1. The van der Waals surface area contributed by atoms with E-state index >= 15 is 0 Å². The van der Waals surface area contributed by atoms with Gasteiger partial charge in [-0.05, 0) is 17.7 Å². The van der Waals surface area contributed by atoms with Crippen molar-refractivity contribution in [2.45, 2.75) is 6.10 Å². The number of hydrogen-bond donors (Lipinski definition) is 0. The summed E-state index contributed by atoms with van der Waals surface area (Å²) in [4.78, 5) is 4.70. The number of hydrogen-bond acceptors (Lipinski definition) is 2. The third-order valence-corrected chi connectivity index (χ3v) is 3.23. The van der Waals surface area contributed by atoms with E-state index in [1.807, 2.05) is 42.5 Å². The molecular weight excluding hydrogens is 234 g/mol. The predicted molar refractivity (Wildman–Crippen MR) is 77.0 cm³/mol. The van der Waals surface area contributed by atoms with Crippen LogP contribution in [0.5, 0.6) is 0 Å². The largest absolute Gasteiger partial charge is 0.370 e. The minimum atomic E-state index is -0.120. The van der Waals surface area contributed by atoms with Crippen molar-refractivity contribution in [2.75, 3.05) is 7.11 Å². The number of para-hydroxylation sites is 1. The molecule has 2 aromatic carbocycles. The molecule has 3 aromatic rings. The molecule has 1 heterocycles. The zero-order valence-electron chi connectivity index (χ0n) is 10.8. The Morgan fingerprint density at radius 2 is 1.58 bits per heavy atom. The van der Waals surface area contributed by atoms with E-state index in [1.54, 1.807) is 7.11 Å². The highest BCUT2D eigenvalue weighted by atomic mass is 16.5. The van der Waals surface area contributed by atoms with Crippen molar-refractivity contribution in [3.05, 3.63) is 78.0 Å². The monoisotopic (exact) mass is 249 g/mol. The zero-order chi connectivity index (χ0) is 13.1. The van der Waals surface area contributed by atoms with Crippen molar-refractivity contribution in [3.8, 4) is 0 Å². The maximum Gasteiger partial charge on any atom is 0.124 e. The van der Waals surface area contributed by atoms with Crippen molar-refractivity contribution in [1.29, 1.82) is 0 Å². The second kappa shape index (κ2) is 5.21. The molecule has 19 heavy (non-hydrogen) atoms. The number of ether oxygens (including phenoxy) is 1. The Morgan fingerprint density at radius 3 is 2.37 bits per heavy atom. The van der Waals surface area contributed by atoms with Gasteiger partial charge in [-0.15, -0.1) is 0 Å². The molecule has 2 heteroatoms. The molecule has 0 unspecified atom stereocenters. The van der Waals surface area contributed by atoms with Crippen LogP contribution in [-0.2, 0) is 4.74 Å². The summed E-state index contributed by atoms with van der Waals surface area (Å²) in [5.74, 6) is 0. The lowest BCUT2D eigenvalue weighted by Gasteiger charge is -2.15. The fraction of sp³-hybridized carbons (Fsp3) is 0.118. The van der Waals surface area contributed by atoms with Gasteiger partial charge in [-0.3, -0.25) is 0 Å². The Hall–Kier alpha value is -2.19. The third kappa shape index (κ3) is 2.35. The number of fused-ring (bicyclic) bond motifs is 1. The van der Waals surface area contributed by atoms with Crippen LogP contribution in [0.3, 0.4) is 0 Å². The second-order valence-electron chi connectivity index (χ2n) is 4.46. The van der Waals surface area contributed by atoms with Crippen molar-refractivity contribution in [1.82, 2.24) is 4.98 Å². The highest BCUT2D eigenvalue weighted by Crippen LogP contribution is 2.25. The molecule has 0 spiro atoms. The highest BCUT2D eigenvalue weighted by molar-refractivity contribution is 5.78. The van der Waals surface area contributed by atoms with Crippen molar-refractivity contribution < 1.29 is 4.74 Å². The second-order valence-corrected chi connectivity index (χ2v) is 4.46. The van der Waals surface area contributed by atoms with Crippen LogP contribution in [-0.4, -0.2) is 12.1 Å². The Labute approximate surface area is 112 Å². The average molecular weight is 249 g/mol. The normalized spacial score (nSPS) is 12.5. The van der Waals surface area contributed by atoms with Gasteiger partial charge in [0.2, 0.25) is 0 Å². The summed E-state index contributed by atoms with van der Waals surface area (Å²) in [6, 6.07) is 22.4. The fourth-order valence-corrected chi connectivity index (χ4v) is 2.28. The Kier molecular flexibility index (Phi) is 3.25. The first-order valence-electron chi connectivity index (χ1n) is 6.32. The molecule has 0 aliphatic carbocycles. The number of methoxy groups -OCH3 is 1. The van der Waals surface area contributed by atoms with Crippen LogP contribution < -0.4 is 0 Å². The molecule has 0 bridgehead atoms. The minimum absolute atomic E-state index is 0.120. The molecule has 1 atom stereocenters. The summed E-state index contributed by atoms with van der Waals surface area (Å²) in [7, 11) is 1.72. The van der Waals surface area contributed by atoms with Gasteiger partial charge in [0.25, 0.3) is 0 Å². The van der Waals surface area contributed by atoms with Crippen LogP contribution in [0.15, 0.2) is 66.7 Å². The van der Waals surface area contributed by atoms with Crippen LogP contribution >= 0.6 is 0 Å².